The molecule has 2 atom stereocenters. The van der Waals surface area contributed by atoms with Gasteiger partial charge in [-0.05, 0) is 81.4 Å². The number of nitrogens with two attached hydrogens (primary N) is 1. The Morgan fingerprint density at radius 1 is 1.02 bits per heavy atom. The number of hydrogen-bond acceptors (Lipinski definition) is 5. The zero-order chi connectivity index (χ0) is 32.6. The molecule has 2 aliphatic carbocycles. The molecule has 3 aromatic heterocycles. The smallest absolute Gasteiger partial charge is 0.255 e. The lowest BCUT2D eigenvalue weighted by Crippen LogP contribution is -2.50. The average molecular weight is 645 g/mol. The summed E-state index contributed by atoms with van der Waals surface area (Å²) in [7, 11) is 0. The van der Waals surface area contributed by atoms with E-state index in [2.05, 4.69) is 28.8 Å². The van der Waals surface area contributed by atoms with Gasteiger partial charge in [0, 0.05) is 55.3 Å². The van der Waals surface area contributed by atoms with Gasteiger partial charge in [-0.25, -0.2) is 13.3 Å². The molecule has 0 bridgehead atoms. The van der Waals surface area contributed by atoms with Crippen LogP contribution in [-0.4, -0.2) is 85.4 Å². The minimum atomic E-state index is -1.20. The van der Waals surface area contributed by atoms with Crippen molar-refractivity contribution >= 4 is 28.2 Å². The Morgan fingerprint density at radius 3 is 2.49 bits per heavy atom. The lowest BCUT2D eigenvalue weighted by molar-refractivity contribution is -0.143. The Bertz CT molecular complexity index is 1860. The third kappa shape index (κ3) is 5.51. The maximum absolute atomic E-state index is 15.8. The van der Waals surface area contributed by atoms with Crippen molar-refractivity contribution in [2.45, 2.75) is 82.6 Å². The summed E-state index contributed by atoms with van der Waals surface area (Å²) in [6.45, 7) is 4.31. The first-order valence-corrected chi connectivity index (χ1v) is 17.1. The first kappa shape index (κ1) is 30.5. The zero-order valence-corrected chi connectivity index (χ0v) is 26.7. The summed E-state index contributed by atoms with van der Waals surface area (Å²) in [5.41, 5.74) is 11.1. The number of alkyl halides is 1. The van der Waals surface area contributed by atoms with Crippen LogP contribution < -0.4 is 5.73 Å². The lowest BCUT2D eigenvalue weighted by Gasteiger charge is -2.38. The number of carbonyl (C=O) groups is 2. The molecule has 2 aliphatic heterocycles. The molecular formula is C36H42F2N6O3. The maximum Gasteiger partial charge on any atom is 0.255 e. The number of fused-ring (bicyclic) bond motifs is 2. The molecule has 4 aliphatic rings. The van der Waals surface area contributed by atoms with Crippen molar-refractivity contribution in [1.29, 1.82) is 0 Å². The molecule has 0 unspecified atom stereocenters. The average Bonchev–Trinajstić information content (AvgIpc) is 3.70. The van der Waals surface area contributed by atoms with Crippen LogP contribution in [0.3, 0.4) is 0 Å². The first-order valence-electron chi connectivity index (χ1n) is 17.1. The van der Waals surface area contributed by atoms with Gasteiger partial charge in [0.1, 0.15) is 23.2 Å². The molecule has 4 aromatic rings. The second-order valence-electron chi connectivity index (χ2n) is 14.4. The molecular weight excluding hydrogens is 602 g/mol. The predicted molar refractivity (Wildman–Crippen MR) is 174 cm³/mol. The summed E-state index contributed by atoms with van der Waals surface area (Å²) in [5.74, 6) is 0.00873. The van der Waals surface area contributed by atoms with Crippen molar-refractivity contribution in [3.63, 3.8) is 0 Å². The van der Waals surface area contributed by atoms with Gasteiger partial charge >= 0.3 is 0 Å². The Morgan fingerprint density at radius 2 is 1.79 bits per heavy atom. The highest BCUT2D eigenvalue weighted by molar-refractivity contribution is 5.95. The van der Waals surface area contributed by atoms with Gasteiger partial charge in [0.05, 0.1) is 29.4 Å². The van der Waals surface area contributed by atoms with E-state index in [1.54, 1.807) is 6.20 Å². The highest BCUT2D eigenvalue weighted by Crippen LogP contribution is 2.41. The molecule has 8 rings (SSSR count). The van der Waals surface area contributed by atoms with Crippen molar-refractivity contribution < 1.29 is 23.5 Å². The van der Waals surface area contributed by atoms with Gasteiger partial charge < -0.3 is 25.2 Å². The molecule has 47 heavy (non-hydrogen) atoms. The number of nitrogens with zero attached hydrogens (tertiary/aromatic N) is 5. The Balaban J connectivity index is 1.13. The van der Waals surface area contributed by atoms with Crippen molar-refractivity contribution in [2.75, 3.05) is 26.2 Å². The third-order valence-electron chi connectivity index (χ3n) is 10.9. The van der Waals surface area contributed by atoms with Crippen LogP contribution in [-0.2, 0) is 11.3 Å². The first-order chi connectivity index (χ1) is 22.6. The largest absolute Gasteiger partial charge is 0.393 e. The number of aliphatic hydroxyl groups is 1. The zero-order valence-electron chi connectivity index (χ0n) is 26.7. The Hall–Kier alpha value is -3.83. The summed E-state index contributed by atoms with van der Waals surface area (Å²) in [6.07, 6.45) is 5.46. The van der Waals surface area contributed by atoms with E-state index in [1.807, 2.05) is 11.8 Å². The van der Waals surface area contributed by atoms with Crippen LogP contribution in [0.25, 0.3) is 27.8 Å². The molecule has 2 saturated carbocycles. The molecule has 2 amide bonds. The molecule has 2 saturated heterocycles. The van der Waals surface area contributed by atoms with E-state index in [1.165, 1.54) is 39.4 Å². The molecule has 11 heteroatoms. The fourth-order valence-corrected chi connectivity index (χ4v) is 8.14. The summed E-state index contributed by atoms with van der Waals surface area (Å²) in [6, 6.07) is 9.35. The quantitative estimate of drug-likeness (QED) is 0.314. The van der Waals surface area contributed by atoms with E-state index in [9.17, 15) is 19.1 Å². The fourth-order valence-electron chi connectivity index (χ4n) is 8.14. The molecule has 9 nitrogen and oxygen atoms in total. The normalized spacial score (nSPS) is 25.5. The highest BCUT2D eigenvalue weighted by Gasteiger charge is 2.37. The predicted octanol–water partition coefficient (Wildman–Crippen LogP) is 4.80. The summed E-state index contributed by atoms with van der Waals surface area (Å²) < 4.78 is 33.8. The molecule has 248 valence electrons. The van der Waals surface area contributed by atoms with Gasteiger partial charge in [-0.15, -0.1) is 0 Å². The number of pyridine rings is 1. The number of benzene rings is 1. The van der Waals surface area contributed by atoms with Crippen LogP contribution in [0.4, 0.5) is 8.78 Å². The summed E-state index contributed by atoms with van der Waals surface area (Å²) >= 11 is 0. The number of likely N-dealkylation sites (tertiary alicyclic amines) is 2. The number of piperidine rings is 2. The number of halogens is 2. The number of aryl methyl sites for hydroxylation is 1. The number of rotatable bonds is 6. The SMILES string of the molecule is Cc1c(-c2cc3cccc(C4CCN(C(=O)C5CC(O)C5)CC4)c3n2CC2CC2)nn2cc(C(=O)N3C[C@H](N)C[C@@H](F)C3)cc(F)c12. The second-order valence-corrected chi connectivity index (χ2v) is 14.4. The van der Waals surface area contributed by atoms with Crippen LogP contribution >= 0.6 is 0 Å². The lowest BCUT2D eigenvalue weighted by atomic mass is 9.80. The fraction of sp³-hybridized carbons (Fsp3) is 0.528. The van der Waals surface area contributed by atoms with Crippen molar-refractivity contribution in [2.24, 2.45) is 17.6 Å². The van der Waals surface area contributed by atoms with E-state index >= 15 is 4.39 Å². The van der Waals surface area contributed by atoms with E-state index in [0.29, 0.717) is 54.5 Å². The number of aliphatic hydroxyl groups excluding tert-OH is 1. The topological polar surface area (TPSA) is 109 Å². The van der Waals surface area contributed by atoms with Gasteiger partial charge in [0.25, 0.3) is 5.91 Å². The second kappa shape index (κ2) is 11.7. The minimum Gasteiger partial charge on any atom is -0.393 e. The molecule has 3 N–H and O–H groups in total. The maximum atomic E-state index is 15.8. The van der Waals surface area contributed by atoms with E-state index in [-0.39, 0.29) is 43.0 Å². The van der Waals surface area contributed by atoms with Gasteiger partial charge in [0.15, 0.2) is 0 Å². The van der Waals surface area contributed by atoms with E-state index in [0.717, 1.165) is 30.5 Å². The highest BCUT2D eigenvalue weighted by atomic mass is 19.1. The van der Waals surface area contributed by atoms with Crippen molar-refractivity contribution in [3.8, 4) is 11.4 Å². The number of carbonyl (C=O) groups excluding carboxylic acids is 2. The third-order valence-corrected chi connectivity index (χ3v) is 10.9. The number of amides is 2. The summed E-state index contributed by atoms with van der Waals surface area (Å²) in [4.78, 5) is 29.6. The molecule has 4 fully saturated rings. The standard InChI is InChI=1S/C36H42F2N6O3/c1-20-32(40-44-17-25(13-30(38)33(20)44)36(47)42-18-26(37)15-27(39)19-42)31-14-23-3-2-4-29(34(23)43(31)16-21-5-6-21)22-7-9-41(10-8-22)35(46)24-11-28(45)12-24/h2-4,13-14,17,21-22,24,26-28,45H,5-12,15-16,18-19,39H2,1H3/t24?,26-,27-,28?/m1/s1. The Labute approximate surface area is 272 Å². The number of aromatic nitrogens is 3. The molecule has 0 radical (unpaired) electrons. The van der Waals surface area contributed by atoms with Crippen LogP contribution in [0.2, 0.25) is 0 Å². The number of hydrogen-bond donors (Lipinski definition) is 2. The monoisotopic (exact) mass is 644 g/mol. The van der Waals surface area contributed by atoms with Gasteiger partial charge in [-0.1, -0.05) is 18.2 Å². The molecule has 5 heterocycles. The van der Waals surface area contributed by atoms with Crippen LogP contribution in [0.5, 0.6) is 0 Å². The van der Waals surface area contributed by atoms with Crippen LogP contribution in [0, 0.1) is 24.6 Å². The minimum absolute atomic E-state index is 0.0402. The van der Waals surface area contributed by atoms with Crippen molar-refractivity contribution in [1.82, 2.24) is 24.0 Å². The van der Waals surface area contributed by atoms with Crippen molar-refractivity contribution in [3.05, 3.63) is 59.0 Å². The van der Waals surface area contributed by atoms with Gasteiger partial charge in [-0.3, -0.25) is 9.59 Å². The Kier molecular flexibility index (Phi) is 7.59. The van der Waals surface area contributed by atoms with E-state index < -0.39 is 23.9 Å². The van der Waals surface area contributed by atoms with Gasteiger partial charge in [0.2, 0.25) is 5.91 Å². The van der Waals surface area contributed by atoms with Gasteiger partial charge in [-0.2, -0.15) is 5.10 Å². The molecule has 1 aromatic carbocycles. The number of para-hydroxylation sites is 1. The van der Waals surface area contributed by atoms with E-state index in [4.69, 9.17) is 10.8 Å². The van der Waals surface area contributed by atoms with Crippen LogP contribution in [0.1, 0.15) is 72.3 Å². The van der Waals surface area contributed by atoms with Crippen LogP contribution in [0.15, 0.2) is 36.5 Å². The molecule has 0 spiro atoms. The summed E-state index contributed by atoms with van der Waals surface area (Å²) in [5, 5.41) is 15.7.